The van der Waals surface area contributed by atoms with Crippen LogP contribution in [-0.2, 0) is 19.0 Å². The first-order chi connectivity index (χ1) is 19.3. The van der Waals surface area contributed by atoms with Gasteiger partial charge in [0.15, 0.2) is 29.3 Å². The molecule has 220 valence electrons. The number of rotatable bonds is 11. The average molecular weight is 565 g/mol. The Morgan fingerprint density at radius 3 is 1.88 bits per heavy atom. The van der Waals surface area contributed by atoms with E-state index in [2.05, 4.69) is 0 Å². The van der Waals surface area contributed by atoms with E-state index in [1.165, 1.54) is 14.2 Å². The summed E-state index contributed by atoms with van der Waals surface area (Å²) in [5, 5.41) is 40.1. The lowest BCUT2D eigenvalue weighted by molar-refractivity contribution is -0.303. The smallest absolute Gasteiger partial charge is 0.311 e. The summed E-state index contributed by atoms with van der Waals surface area (Å²) in [6.07, 6.45) is -7.25. The number of ether oxygens (including phenoxy) is 7. The van der Waals surface area contributed by atoms with Crippen molar-refractivity contribution in [1.29, 1.82) is 0 Å². The van der Waals surface area contributed by atoms with Crippen LogP contribution in [0.2, 0.25) is 0 Å². The fourth-order valence-corrected chi connectivity index (χ4v) is 5.28. The number of esters is 1. The Morgan fingerprint density at radius 1 is 0.825 bits per heavy atom. The highest BCUT2D eigenvalue weighted by atomic mass is 16.7. The normalized spacial score (nSPS) is 28.3. The van der Waals surface area contributed by atoms with Crippen LogP contribution in [0.4, 0.5) is 0 Å². The molecule has 2 heterocycles. The van der Waals surface area contributed by atoms with Crippen molar-refractivity contribution in [3.05, 3.63) is 47.5 Å². The fraction of sp³-hybridized carbons (Fsp3) is 0.536. The van der Waals surface area contributed by atoms with E-state index in [0.717, 1.165) is 11.1 Å². The molecule has 2 saturated heterocycles. The molecule has 40 heavy (non-hydrogen) atoms. The van der Waals surface area contributed by atoms with Crippen LogP contribution in [0.25, 0.3) is 0 Å². The minimum Gasteiger partial charge on any atom is -0.493 e. The van der Waals surface area contributed by atoms with E-state index < -0.39 is 61.0 Å². The molecule has 0 saturated carbocycles. The van der Waals surface area contributed by atoms with Crippen LogP contribution in [-0.4, -0.2) is 105 Å². The van der Waals surface area contributed by atoms with Gasteiger partial charge in [0.1, 0.15) is 24.4 Å². The molecular formula is C28H36O12. The van der Waals surface area contributed by atoms with Crippen LogP contribution in [0.1, 0.15) is 17.0 Å². The number of cyclic esters (lactones) is 1. The van der Waals surface area contributed by atoms with E-state index >= 15 is 0 Å². The van der Waals surface area contributed by atoms with E-state index in [1.807, 2.05) is 24.3 Å². The van der Waals surface area contributed by atoms with Crippen LogP contribution in [0.15, 0.2) is 36.4 Å². The molecule has 2 aromatic rings. The molecule has 0 radical (unpaired) electrons. The Balaban J connectivity index is 1.68. The van der Waals surface area contributed by atoms with Gasteiger partial charge in [0.05, 0.1) is 54.2 Å². The molecule has 4 N–H and O–H groups in total. The van der Waals surface area contributed by atoms with Crippen molar-refractivity contribution in [3.8, 4) is 23.0 Å². The molecule has 0 aliphatic carbocycles. The van der Waals surface area contributed by atoms with E-state index in [0.29, 0.717) is 23.0 Å². The Bertz CT molecular complexity index is 1100. The van der Waals surface area contributed by atoms with E-state index in [4.69, 9.17) is 33.2 Å². The summed E-state index contributed by atoms with van der Waals surface area (Å²) in [5.41, 5.74) is 1.62. The van der Waals surface area contributed by atoms with Crippen molar-refractivity contribution in [2.75, 3.05) is 48.3 Å². The molecule has 2 fully saturated rings. The first-order valence-corrected chi connectivity index (χ1v) is 12.8. The predicted molar refractivity (Wildman–Crippen MR) is 139 cm³/mol. The molecular weight excluding hydrogens is 528 g/mol. The summed E-state index contributed by atoms with van der Waals surface area (Å²) in [7, 11) is 6.15. The Kier molecular flexibility index (Phi) is 9.72. The molecule has 7 atom stereocenters. The topological polar surface area (TPSA) is 163 Å². The van der Waals surface area contributed by atoms with Gasteiger partial charge in [-0.3, -0.25) is 4.79 Å². The van der Waals surface area contributed by atoms with Gasteiger partial charge in [-0.2, -0.15) is 0 Å². The molecule has 2 aromatic carbocycles. The van der Waals surface area contributed by atoms with Gasteiger partial charge in [0.2, 0.25) is 0 Å². The first-order valence-electron chi connectivity index (χ1n) is 12.8. The molecule has 4 rings (SSSR count). The zero-order chi connectivity index (χ0) is 29.0. The summed E-state index contributed by atoms with van der Waals surface area (Å²) in [5.74, 6) is -0.0473. The Labute approximate surface area is 231 Å². The molecule has 0 spiro atoms. The lowest BCUT2D eigenvalue weighted by Gasteiger charge is -2.40. The van der Waals surface area contributed by atoms with Crippen LogP contribution in [0.5, 0.6) is 23.0 Å². The number of carbonyl (C=O) groups is 1. The molecule has 0 amide bonds. The minimum absolute atomic E-state index is 0.0783. The maximum absolute atomic E-state index is 13.0. The number of carbonyl (C=O) groups excluding carboxylic acids is 1. The van der Waals surface area contributed by atoms with Gasteiger partial charge < -0.3 is 53.6 Å². The molecule has 12 nitrogen and oxygen atoms in total. The van der Waals surface area contributed by atoms with Crippen molar-refractivity contribution in [2.45, 2.75) is 36.6 Å². The van der Waals surface area contributed by atoms with Crippen LogP contribution in [0.3, 0.4) is 0 Å². The largest absolute Gasteiger partial charge is 0.493 e. The van der Waals surface area contributed by atoms with Gasteiger partial charge >= 0.3 is 5.97 Å². The van der Waals surface area contributed by atoms with Gasteiger partial charge in [-0.05, 0) is 35.4 Å². The second kappa shape index (κ2) is 13.0. The van der Waals surface area contributed by atoms with Gasteiger partial charge in [0, 0.05) is 11.8 Å². The molecule has 0 bridgehead atoms. The summed E-state index contributed by atoms with van der Waals surface area (Å²) >= 11 is 0. The lowest BCUT2D eigenvalue weighted by Crippen LogP contribution is -2.59. The number of aliphatic hydroxyl groups is 4. The van der Waals surface area contributed by atoms with Crippen LogP contribution >= 0.6 is 0 Å². The van der Waals surface area contributed by atoms with Crippen molar-refractivity contribution in [1.82, 2.24) is 0 Å². The summed E-state index contributed by atoms with van der Waals surface area (Å²) in [4.78, 5) is 13.0. The van der Waals surface area contributed by atoms with E-state index in [9.17, 15) is 25.2 Å². The van der Waals surface area contributed by atoms with Crippen molar-refractivity contribution >= 4 is 5.97 Å². The minimum atomic E-state index is -1.60. The lowest BCUT2D eigenvalue weighted by atomic mass is 9.75. The fourth-order valence-electron chi connectivity index (χ4n) is 5.28. The summed E-state index contributed by atoms with van der Waals surface area (Å²) in [6.45, 7) is -0.738. The quantitative estimate of drug-likeness (QED) is 0.279. The van der Waals surface area contributed by atoms with Crippen LogP contribution < -0.4 is 18.9 Å². The number of hydrogen-bond acceptors (Lipinski definition) is 12. The molecule has 2 aliphatic rings. The highest BCUT2D eigenvalue weighted by Crippen LogP contribution is 2.44. The van der Waals surface area contributed by atoms with Crippen molar-refractivity contribution < 1.29 is 58.4 Å². The predicted octanol–water partition coefficient (Wildman–Crippen LogP) is 0.459. The number of methoxy groups -OCH3 is 4. The second-order valence-electron chi connectivity index (χ2n) is 9.64. The SMILES string of the molecule is COc1ccc(C(c2ccc(OC)c(OC)c2)[C@H]2COC(=O)[C@H]2CO[C@@H]2O[C@H](CO)[C@@H](O)[C@H](O)[C@H]2O)cc1OC. The maximum atomic E-state index is 13.0. The third kappa shape index (κ3) is 5.82. The summed E-state index contributed by atoms with van der Waals surface area (Å²) in [6, 6.07) is 11.0. The third-order valence-corrected chi connectivity index (χ3v) is 7.49. The Morgan fingerprint density at radius 2 is 1.38 bits per heavy atom. The van der Waals surface area contributed by atoms with Gasteiger partial charge in [-0.1, -0.05) is 12.1 Å². The maximum Gasteiger partial charge on any atom is 0.311 e. The van der Waals surface area contributed by atoms with Gasteiger partial charge in [-0.15, -0.1) is 0 Å². The number of hydrogen-bond donors (Lipinski definition) is 4. The van der Waals surface area contributed by atoms with Crippen molar-refractivity contribution in [2.24, 2.45) is 11.8 Å². The molecule has 0 unspecified atom stereocenters. The van der Waals surface area contributed by atoms with Gasteiger partial charge in [-0.25, -0.2) is 0 Å². The van der Waals surface area contributed by atoms with Gasteiger partial charge in [0.25, 0.3) is 0 Å². The van der Waals surface area contributed by atoms with Crippen LogP contribution in [0, 0.1) is 11.8 Å². The summed E-state index contributed by atoms with van der Waals surface area (Å²) < 4.78 is 38.6. The average Bonchev–Trinajstić information content (AvgIpc) is 3.34. The second-order valence-corrected chi connectivity index (χ2v) is 9.64. The molecule has 0 aromatic heterocycles. The highest BCUT2D eigenvalue weighted by Gasteiger charge is 2.47. The third-order valence-electron chi connectivity index (χ3n) is 7.49. The van der Waals surface area contributed by atoms with Crippen molar-refractivity contribution in [3.63, 3.8) is 0 Å². The van der Waals surface area contributed by atoms with E-state index in [1.54, 1.807) is 26.4 Å². The zero-order valence-corrected chi connectivity index (χ0v) is 22.8. The molecule has 12 heteroatoms. The Hall–Kier alpha value is -3.13. The monoisotopic (exact) mass is 564 g/mol. The zero-order valence-electron chi connectivity index (χ0n) is 22.8. The first kappa shape index (κ1) is 29.8. The number of aliphatic hydroxyl groups excluding tert-OH is 4. The highest BCUT2D eigenvalue weighted by molar-refractivity contribution is 5.75. The standard InChI is InChI=1S/C28H36O12/c1-34-18-7-5-14(9-20(18)36-3)23(15-6-8-19(35-2)21(10-15)37-4)16-12-38-27(33)17(16)13-39-28-26(32)25(31)24(30)22(11-29)40-28/h5-10,16-17,22-26,28-32H,11-13H2,1-4H3/t16-,17-,22+,24+,25-,26+,28+/m0/s1. The number of benzene rings is 2. The van der Waals surface area contributed by atoms with E-state index in [-0.39, 0.29) is 13.2 Å². The molecule has 2 aliphatic heterocycles.